The molecule has 27 heavy (non-hydrogen) atoms. The molecule has 2 aliphatic heterocycles. The van der Waals surface area contributed by atoms with Crippen molar-refractivity contribution in [2.24, 2.45) is 0 Å². The molecule has 2 aromatic rings. The Labute approximate surface area is 162 Å². The molecule has 0 spiro atoms. The van der Waals surface area contributed by atoms with Gasteiger partial charge in [0.2, 0.25) is 5.88 Å². The molecule has 1 unspecified atom stereocenters. The third-order valence-electron chi connectivity index (χ3n) is 5.03. The summed E-state index contributed by atoms with van der Waals surface area (Å²) < 4.78 is 5.70. The zero-order valence-electron chi connectivity index (χ0n) is 15.0. The molecule has 0 saturated carbocycles. The van der Waals surface area contributed by atoms with Crippen LogP contribution in [0, 0.1) is 6.92 Å². The fraction of sp³-hybridized carbons (Fsp3) is 0.350. The van der Waals surface area contributed by atoms with Crippen LogP contribution in [-0.4, -0.2) is 34.4 Å². The molecule has 140 valence electrons. The van der Waals surface area contributed by atoms with E-state index in [1.54, 1.807) is 17.0 Å². The number of amides is 3. The van der Waals surface area contributed by atoms with Crippen LogP contribution in [0.3, 0.4) is 0 Å². The Bertz CT molecular complexity index is 861. The fourth-order valence-corrected chi connectivity index (χ4v) is 3.69. The van der Waals surface area contributed by atoms with Gasteiger partial charge in [0.25, 0.3) is 5.91 Å². The molecule has 7 heteroatoms. The van der Waals surface area contributed by atoms with Gasteiger partial charge in [-0.05, 0) is 49.4 Å². The second kappa shape index (κ2) is 7.19. The van der Waals surface area contributed by atoms with Crippen molar-refractivity contribution in [3.8, 4) is 5.88 Å². The minimum Gasteiger partial charge on any atom is -0.473 e. The van der Waals surface area contributed by atoms with Gasteiger partial charge in [-0.2, -0.15) is 0 Å². The molecular weight excluding hydrogens is 366 g/mol. The molecule has 0 bridgehead atoms. The summed E-state index contributed by atoms with van der Waals surface area (Å²) in [6, 6.07) is 8.51. The number of nitrogens with zero attached hydrogens (tertiary/aromatic N) is 3. The highest BCUT2D eigenvalue weighted by atomic mass is 35.5. The Morgan fingerprint density at radius 3 is 2.78 bits per heavy atom. The van der Waals surface area contributed by atoms with E-state index in [9.17, 15) is 9.59 Å². The Morgan fingerprint density at radius 2 is 2.07 bits per heavy atom. The van der Waals surface area contributed by atoms with Crippen molar-refractivity contribution < 1.29 is 14.3 Å². The number of fused-ring (bicyclic) bond motifs is 1. The first-order valence-electron chi connectivity index (χ1n) is 9.03. The Hall–Kier alpha value is -2.60. The van der Waals surface area contributed by atoms with Gasteiger partial charge in [0.1, 0.15) is 12.6 Å². The number of hydrogen-bond donors (Lipinski definition) is 0. The number of imide groups is 1. The van der Waals surface area contributed by atoms with Gasteiger partial charge in [-0.15, -0.1) is 0 Å². The number of rotatable bonds is 4. The third kappa shape index (κ3) is 3.37. The van der Waals surface area contributed by atoms with Crippen molar-refractivity contribution in [2.75, 3.05) is 11.4 Å². The predicted molar refractivity (Wildman–Crippen MR) is 102 cm³/mol. The highest BCUT2D eigenvalue weighted by Crippen LogP contribution is 2.30. The summed E-state index contributed by atoms with van der Waals surface area (Å²) in [5.74, 6) is 0.273. The lowest BCUT2D eigenvalue weighted by atomic mass is 10.0. The minimum absolute atomic E-state index is 0.160. The lowest BCUT2D eigenvalue weighted by molar-refractivity contribution is -0.120. The van der Waals surface area contributed by atoms with Gasteiger partial charge in [0, 0.05) is 17.6 Å². The number of hydrogen-bond acceptors (Lipinski definition) is 4. The molecule has 4 rings (SSSR count). The molecule has 2 fully saturated rings. The monoisotopic (exact) mass is 385 g/mol. The summed E-state index contributed by atoms with van der Waals surface area (Å²) >= 11 is 6.03. The van der Waals surface area contributed by atoms with Gasteiger partial charge in [0.05, 0.1) is 11.9 Å². The number of pyridine rings is 1. The number of urea groups is 1. The van der Waals surface area contributed by atoms with E-state index in [0.29, 0.717) is 24.7 Å². The number of piperidine rings is 1. The second-order valence-corrected chi connectivity index (χ2v) is 7.30. The second-order valence-electron chi connectivity index (χ2n) is 6.89. The van der Waals surface area contributed by atoms with Crippen LogP contribution in [0.2, 0.25) is 5.02 Å². The van der Waals surface area contributed by atoms with E-state index in [4.69, 9.17) is 16.3 Å². The smallest absolute Gasteiger partial charge is 0.332 e. The average Bonchev–Trinajstić information content (AvgIpc) is 2.94. The molecule has 3 heterocycles. The average molecular weight is 386 g/mol. The number of carbonyl (C=O) groups excluding carboxylic acids is 2. The van der Waals surface area contributed by atoms with Crippen molar-refractivity contribution >= 4 is 29.2 Å². The van der Waals surface area contributed by atoms with Crippen LogP contribution >= 0.6 is 11.6 Å². The van der Waals surface area contributed by atoms with E-state index in [0.717, 1.165) is 35.4 Å². The third-order valence-corrected chi connectivity index (χ3v) is 5.46. The van der Waals surface area contributed by atoms with Crippen LogP contribution in [0.5, 0.6) is 5.88 Å². The topological polar surface area (TPSA) is 62.7 Å². The van der Waals surface area contributed by atoms with Crippen LogP contribution in [0.4, 0.5) is 10.5 Å². The molecule has 1 aromatic heterocycles. The number of aromatic nitrogens is 1. The number of anilines is 1. The zero-order chi connectivity index (χ0) is 19.0. The van der Waals surface area contributed by atoms with E-state index < -0.39 is 0 Å². The normalized spacial score (nSPS) is 19.4. The van der Waals surface area contributed by atoms with Crippen molar-refractivity contribution in [3.63, 3.8) is 0 Å². The predicted octanol–water partition coefficient (Wildman–Crippen LogP) is 3.94. The van der Waals surface area contributed by atoms with E-state index in [-0.39, 0.29) is 18.0 Å². The highest BCUT2D eigenvalue weighted by molar-refractivity contribution is 6.31. The largest absolute Gasteiger partial charge is 0.473 e. The minimum atomic E-state index is -0.324. The first kappa shape index (κ1) is 17.8. The van der Waals surface area contributed by atoms with Crippen molar-refractivity contribution in [1.29, 1.82) is 0 Å². The maximum Gasteiger partial charge on any atom is 0.332 e. The SMILES string of the molecule is Cc1cc(COc2ccc(N3C(=O)C4CCCCN4C3=O)cn2)ccc1Cl. The lowest BCUT2D eigenvalue weighted by Gasteiger charge is -2.25. The van der Waals surface area contributed by atoms with E-state index in [2.05, 4.69) is 4.98 Å². The fourth-order valence-electron chi connectivity index (χ4n) is 3.57. The van der Waals surface area contributed by atoms with Gasteiger partial charge < -0.3 is 9.64 Å². The first-order valence-corrected chi connectivity index (χ1v) is 9.41. The van der Waals surface area contributed by atoms with Gasteiger partial charge in [-0.1, -0.05) is 23.7 Å². The van der Waals surface area contributed by atoms with Gasteiger partial charge in [0.15, 0.2) is 0 Å². The van der Waals surface area contributed by atoms with Gasteiger partial charge in [-0.3, -0.25) is 4.79 Å². The number of benzene rings is 1. The molecule has 2 saturated heterocycles. The Kier molecular flexibility index (Phi) is 4.74. The summed E-state index contributed by atoms with van der Waals surface area (Å²) in [7, 11) is 0. The van der Waals surface area contributed by atoms with Crippen molar-refractivity contribution in [2.45, 2.75) is 38.8 Å². The summed E-state index contributed by atoms with van der Waals surface area (Å²) in [6.45, 7) is 2.94. The van der Waals surface area contributed by atoms with Gasteiger partial charge in [-0.25, -0.2) is 14.7 Å². The molecular formula is C20H20ClN3O3. The molecule has 3 amide bonds. The van der Waals surface area contributed by atoms with E-state index in [1.165, 1.54) is 11.1 Å². The number of carbonyl (C=O) groups is 2. The van der Waals surface area contributed by atoms with E-state index in [1.807, 2.05) is 25.1 Å². The quantitative estimate of drug-likeness (QED) is 0.748. The van der Waals surface area contributed by atoms with Crippen molar-refractivity contribution in [1.82, 2.24) is 9.88 Å². The number of ether oxygens (including phenoxy) is 1. The molecule has 1 atom stereocenters. The summed E-state index contributed by atoms with van der Waals surface area (Å²) in [5.41, 5.74) is 2.46. The first-order chi connectivity index (χ1) is 13.0. The van der Waals surface area contributed by atoms with Crippen LogP contribution in [-0.2, 0) is 11.4 Å². The molecule has 2 aliphatic rings. The molecule has 6 nitrogen and oxygen atoms in total. The molecule has 0 N–H and O–H groups in total. The summed E-state index contributed by atoms with van der Waals surface area (Å²) in [6.07, 6.45) is 4.16. The maximum atomic E-state index is 12.6. The molecule has 0 aliphatic carbocycles. The summed E-state index contributed by atoms with van der Waals surface area (Å²) in [4.78, 5) is 32.3. The van der Waals surface area contributed by atoms with Gasteiger partial charge >= 0.3 is 6.03 Å². The van der Waals surface area contributed by atoms with Crippen LogP contribution in [0.1, 0.15) is 30.4 Å². The number of halogens is 1. The van der Waals surface area contributed by atoms with Crippen molar-refractivity contribution in [3.05, 3.63) is 52.7 Å². The zero-order valence-corrected chi connectivity index (χ0v) is 15.8. The van der Waals surface area contributed by atoms with Crippen LogP contribution in [0.15, 0.2) is 36.5 Å². The lowest BCUT2D eigenvalue weighted by Crippen LogP contribution is -2.39. The Morgan fingerprint density at radius 1 is 1.22 bits per heavy atom. The van der Waals surface area contributed by atoms with Crippen LogP contribution in [0.25, 0.3) is 0 Å². The summed E-state index contributed by atoms with van der Waals surface area (Å²) in [5, 5.41) is 0.720. The maximum absolute atomic E-state index is 12.6. The van der Waals surface area contributed by atoms with Crippen LogP contribution < -0.4 is 9.64 Å². The highest BCUT2D eigenvalue weighted by Gasteiger charge is 2.46. The Balaban J connectivity index is 1.45. The molecule has 0 radical (unpaired) electrons. The van der Waals surface area contributed by atoms with E-state index >= 15 is 0 Å². The number of aryl methyl sites for hydroxylation is 1. The molecule has 1 aromatic carbocycles. The standard InChI is InChI=1S/C20H20ClN3O3/c1-13-10-14(5-7-16(13)21)12-27-18-8-6-15(11-22-18)24-19(25)17-4-2-3-9-23(17)20(24)26/h5-8,10-11,17H,2-4,9,12H2,1H3.